The standard InChI is InChI=1S/C13H23N3O5/c1-4-6-16(8-10(17)15(2)3)12(20)14-13(11(18)19)5-7-21-9-13/h4-9H2,1-3H3,(H,14,20)(H,18,19). The minimum atomic E-state index is -1.40. The first-order chi connectivity index (χ1) is 9.82. The minimum absolute atomic E-state index is 0.0599. The molecule has 0 aromatic carbocycles. The van der Waals surface area contributed by atoms with Crippen LogP contribution in [0, 0.1) is 0 Å². The molecule has 1 heterocycles. The molecule has 0 aromatic rings. The fourth-order valence-electron chi connectivity index (χ4n) is 2.00. The molecule has 0 saturated carbocycles. The number of carboxylic acid groups (broad SMARTS) is 1. The summed E-state index contributed by atoms with van der Waals surface area (Å²) in [5, 5.41) is 11.8. The third-order valence-corrected chi connectivity index (χ3v) is 3.38. The largest absolute Gasteiger partial charge is 0.479 e. The van der Waals surface area contributed by atoms with Crippen LogP contribution in [0.2, 0.25) is 0 Å². The lowest BCUT2D eigenvalue weighted by Crippen LogP contribution is -2.59. The molecule has 1 unspecified atom stereocenters. The van der Waals surface area contributed by atoms with E-state index in [-0.39, 0.29) is 32.1 Å². The fraction of sp³-hybridized carbons (Fsp3) is 0.769. The van der Waals surface area contributed by atoms with E-state index >= 15 is 0 Å². The first-order valence-electron chi connectivity index (χ1n) is 6.91. The summed E-state index contributed by atoms with van der Waals surface area (Å²) < 4.78 is 5.09. The van der Waals surface area contributed by atoms with E-state index in [0.717, 1.165) is 0 Å². The van der Waals surface area contributed by atoms with Gasteiger partial charge in [0.1, 0.15) is 6.54 Å². The van der Waals surface area contributed by atoms with Gasteiger partial charge in [-0.25, -0.2) is 9.59 Å². The summed E-state index contributed by atoms with van der Waals surface area (Å²) in [6, 6.07) is -0.556. The molecule has 0 aromatic heterocycles. The number of carbonyl (C=O) groups excluding carboxylic acids is 2. The highest BCUT2D eigenvalue weighted by Crippen LogP contribution is 2.19. The van der Waals surface area contributed by atoms with Gasteiger partial charge in [0.05, 0.1) is 6.61 Å². The summed E-state index contributed by atoms with van der Waals surface area (Å²) >= 11 is 0. The first-order valence-corrected chi connectivity index (χ1v) is 6.91. The van der Waals surface area contributed by atoms with Gasteiger partial charge in [0.15, 0.2) is 5.54 Å². The Morgan fingerprint density at radius 1 is 1.33 bits per heavy atom. The predicted octanol–water partition coefficient (Wildman–Crippen LogP) is -0.260. The average molecular weight is 301 g/mol. The van der Waals surface area contributed by atoms with E-state index in [2.05, 4.69) is 5.32 Å². The first kappa shape index (κ1) is 17.2. The van der Waals surface area contributed by atoms with Crippen molar-refractivity contribution in [1.82, 2.24) is 15.1 Å². The maximum atomic E-state index is 12.3. The topological polar surface area (TPSA) is 99.2 Å². The van der Waals surface area contributed by atoms with Crippen LogP contribution in [0.25, 0.3) is 0 Å². The maximum Gasteiger partial charge on any atom is 0.332 e. The lowest BCUT2D eigenvalue weighted by Gasteiger charge is -2.29. The summed E-state index contributed by atoms with van der Waals surface area (Å²) in [6.45, 7) is 2.41. The summed E-state index contributed by atoms with van der Waals surface area (Å²) in [7, 11) is 3.21. The van der Waals surface area contributed by atoms with Gasteiger partial charge in [0.25, 0.3) is 0 Å². The van der Waals surface area contributed by atoms with Crippen LogP contribution >= 0.6 is 0 Å². The number of ether oxygens (including phenoxy) is 1. The van der Waals surface area contributed by atoms with Gasteiger partial charge in [-0.3, -0.25) is 4.79 Å². The highest BCUT2D eigenvalue weighted by atomic mass is 16.5. The van der Waals surface area contributed by atoms with Gasteiger partial charge in [-0.1, -0.05) is 6.92 Å². The molecule has 0 spiro atoms. The number of urea groups is 1. The molecule has 2 N–H and O–H groups in total. The second kappa shape index (κ2) is 7.26. The molecule has 8 nitrogen and oxygen atoms in total. The number of carbonyl (C=O) groups is 3. The Morgan fingerprint density at radius 3 is 2.43 bits per heavy atom. The molecule has 1 fully saturated rings. The van der Waals surface area contributed by atoms with Gasteiger partial charge in [-0.15, -0.1) is 0 Å². The lowest BCUT2D eigenvalue weighted by atomic mass is 9.99. The van der Waals surface area contributed by atoms with Gasteiger partial charge in [0, 0.05) is 33.7 Å². The van der Waals surface area contributed by atoms with Gasteiger partial charge >= 0.3 is 12.0 Å². The van der Waals surface area contributed by atoms with Crippen LogP contribution in [-0.2, 0) is 14.3 Å². The van der Waals surface area contributed by atoms with Gasteiger partial charge in [-0.05, 0) is 6.42 Å². The lowest BCUT2D eigenvalue weighted by molar-refractivity contribution is -0.144. The Bertz CT molecular complexity index is 405. The van der Waals surface area contributed by atoms with Crippen molar-refractivity contribution in [3.63, 3.8) is 0 Å². The van der Waals surface area contributed by atoms with Gasteiger partial charge < -0.3 is 25.0 Å². The van der Waals surface area contributed by atoms with Crippen LogP contribution in [0.1, 0.15) is 19.8 Å². The molecule has 21 heavy (non-hydrogen) atoms. The smallest absolute Gasteiger partial charge is 0.332 e. The monoisotopic (exact) mass is 301 g/mol. The highest BCUT2D eigenvalue weighted by molar-refractivity contribution is 5.89. The summed E-state index contributed by atoms with van der Waals surface area (Å²) in [4.78, 5) is 38.1. The van der Waals surface area contributed by atoms with Crippen LogP contribution in [0.5, 0.6) is 0 Å². The summed E-state index contributed by atoms with van der Waals surface area (Å²) in [5.74, 6) is -1.34. The quantitative estimate of drug-likeness (QED) is 0.704. The molecule has 3 amide bonds. The maximum absolute atomic E-state index is 12.3. The number of hydrogen-bond donors (Lipinski definition) is 2. The summed E-state index contributed by atoms with van der Waals surface area (Å²) in [5.41, 5.74) is -1.40. The van der Waals surface area contributed by atoms with Crippen molar-refractivity contribution < 1.29 is 24.2 Å². The normalized spacial score (nSPS) is 20.9. The van der Waals surface area contributed by atoms with E-state index in [1.54, 1.807) is 14.1 Å². The molecular weight excluding hydrogens is 278 g/mol. The van der Waals surface area contributed by atoms with Crippen molar-refractivity contribution in [2.45, 2.75) is 25.3 Å². The van der Waals surface area contributed by atoms with E-state index < -0.39 is 17.5 Å². The van der Waals surface area contributed by atoms with E-state index in [0.29, 0.717) is 13.0 Å². The van der Waals surface area contributed by atoms with Gasteiger partial charge in [-0.2, -0.15) is 0 Å². The van der Waals surface area contributed by atoms with Crippen molar-refractivity contribution in [2.75, 3.05) is 40.4 Å². The van der Waals surface area contributed by atoms with Gasteiger partial charge in [0.2, 0.25) is 5.91 Å². The zero-order chi connectivity index (χ0) is 16.0. The summed E-state index contributed by atoms with van der Waals surface area (Å²) in [6.07, 6.45) is 0.889. The van der Waals surface area contributed by atoms with E-state index in [1.807, 2.05) is 6.92 Å². The number of aliphatic carboxylic acids is 1. The Kier molecular flexibility index (Phi) is 5.95. The molecule has 8 heteroatoms. The average Bonchev–Trinajstić information content (AvgIpc) is 2.87. The van der Waals surface area contributed by atoms with Crippen molar-refractivity contribution in [1.29, 1.82) is 0 Å². The Balaban J connectivity index is 2.76. The van der Waals surface area contributed by atoms with Crippen molar-refractivity contribution in [2.24, 2.45) is 0 Å². The third-order valence-electron chi connectivity index (χ3n) is 3.38. The Morgan fingerprint density at radius 2 is 2.00 bits per heavy atom. The molecular formula is C13H23N3O5. The Labute approximate surface area is 124 Å². The molecule has 1 saturated heterocycles. The van der Waals surface area contributed by atoms with Crippen LogP contribution < -0.4 is 5.32 Å². The van der Waals surface area contributed by atoms with Crippen molar-refractivity contribution in [3.05, 3.63) is 0 Å². The van der Waals surface area contributed by atoms with Crippen LogP contribution in [0.4, 0.5) is 4.79 Å². The number of amides is 3. The van der Waals surface area contributed by atoms with Crippen LogP contribution in [0.15, 0.2) is 0 Å². The molecule has 1 rings (SSSR count). The zero-order valence-corrected chi connectivity index (χ0v) is 12.7. The van der Waals surface area contributed by atoms with Crippen molar-refractivity contribution in [3.8, 4) is 0 Å². The second-order valence-corrected chi connectivity index (χ2v) is 5.33. The molecule has 120 valence electrons. The molecule has 0 bridgehead atoms. The number of carboxylic acids is 1. The second-order valence-electron chi connectivity index (χ2n) is 5.33. The molecule has 1 aliphatic heterocycles. The van der Waals surface area contributed by atoms with E-state index in [9.17, 15) is 19.5 Å². The predicted molar refractivity (Wildman–Crippen MR) is 74.9 cm³/mol. The molecule has 1 aliphatic rings. The SMILES string of the molecule is CCCN(CC(=O)N(C)C)C(=O)NC1(C(=O)O)CCOC1. The van der Waals surface area contributed by atoms with Crippen LogP contribution in [0.3, 0.4) is 0 Å². The molecule has 1 atom stereocenters. The van der Waals surface area contributed by atoms with Crippen molar-refractivity contribution >= 4 is 17.9 Å². The van der Waals surface area contributed by atoms with E-state index in [4.69, 9.17) is 4.74 Å². The van der Waals surface area contributed by atoms with Crippen LogP contribution in [-0.4, -0.2) is 78.8 Å². The fourth-order valence-corrected chi connectivity index (χ4v) is 2.00. The molecule has 0 radical (unpaired) electrons. The number of rotatable bonds is 6. The number of nitrogens with one attached hydrogen (secondary N) is 1. The number of likely N-dealkylation sites (N-methyl/N-ethyl adjacent to an activating group) is 1. The van der Waals surface area contributed by atoms with E-state index in [1.165, 1.54) is 9.80 Å². The number of nitrogens with zero attached hydrogens (tertiary/aromatic N) is 2. The molecule has 0 aliphatic carbocycles. The zero-order valence-electron chi connectivity index (χ0n) is 12.7. The number of hydrogen-bond acceptors (Lipinski definition) is 4. The highest BCUT2D eigenvalue weighted by Gasteiger charge is 2.44. The third kappa shape index (κ3) is 4.32. The Hall–Kier alpha value is -1.83. The minimum Gasteiger partial charge on any atom is -0.479 e.